The van der Waals surface area contributed by atoms with Crippen LogP contribution in [0.3, 0.4) is 0 Å². The van der Waals surface area contributed by atoms with E-state index in [9.17, 15) is 4.79 Å². The van der Waals surface area contributed by atoms with Crippen LogP contribution in [-0.2, 0) is 6.54 Å². The van der Waals surface area contributed by atoms with Crippen molar-refractivity contribution in [2.24, 2.45) is 4.99 Å². The molecule has 0 bridgehead atoms. The van der Waals surface area contributed by atoms with Gasteiger partial charge in [-0.3, -0.25) is 5.32 Å². The van der Waals surface area contributed by atoms with Crippen molar-refractivity contribution in [1.29, 1.82) is 5.26 Å². The van der Waals surface area contributed by atoms with E-state index in [0.717, 1.165) is 16.9 Å². The van der Waals surface area contributed by atoms with E-state index < -0.39 is 0 Å². The zero-order chi connectivity index (χ0) is 13.8. The molecule has 0 fully saturated rings. The fourth-order valence-corrected chi connectivity index (χ4v) is 2.10. The number of carbonyl (C=O) groups is 1. The van der Waals surface area contributed by atoms with Crippen LogP contribution in [0.25, 0.3) is 0 Å². The maximum Gasteiger partial charge on any atom is 0.321 e. The Kier molecular flexibility index (Phi) is 3.92. The fraction of sp³-hybridized carbons (Fsp3) is 0.250. The van der Waals surface area contributed by atoms with Gasteiger partial charge in [0.15, 0.2) is 11.4 Å². The van der Waals surface area contributed by atoms with Gasteiger partial charge in [-0.05, 0) is 18.4 Å². The molecule has 0 unspecified atom stereocenters. The Morgan fingerprint density at radius 1 is 1.63 bits per heavy atom. The summed E-state index contributed by atoms with van der Waals surface area (Å²) in [6.07, 6.45) is 3.69. The number of anilines is 1. The van der Waals surface area contributed by atoms with Gasteiger partial charge < -0.3 is 10.2 Å². The third kappa shape index (κ3) is 2.80. The number of hydrogen-bond donors (Lipinski definition) is 2. The number of amides is 2. The standard InChI is InChI=1S/C12H13N5OS/c1-17-6-8-9(15-11(19-2)14-7-13)4-3-5-10(8)16-12(17)18/h3-5H,6H2,1-2H3,(H,14,15)(H,16,18). The maximum atomic E-state index is 11.6. The van der Waals surface area contributed by atoms with Crippen LogP contribution < -0.4 is 10.6 Å². The topological polar surface area (TPSA) is 80.5 Å². The summed E-state index contributed by atoms with van der Waals surface area (Å²) in [5.41, 5.74) is 2.45. The number of benzene rings is 1. The van der Waals surface area contributed by atoms with Gasteiger partial charge >= 0.3 is 6.03 Å². The molecule has 7 heteroatoms. The van der Waals surface area contributed by atoms with Gasteiger partial charge in [-0.1, -0.05) is 17.8 Å². The van der Waals surface area contributed by atoms with E-state index in [1.807, 2.05) is 30.6 Å². The van der Waals surface area contributed by atoms with Crippen molar-refractivity contribution in [3.63, 3.8) is 0 Å². The van der Waals surface area contributed by atoms with Crippen molar-refractivity contribution in [3.8, 4) is 6.19 Å². The first-order chi connectivity index (χ1) is 9.15. The van der Waals surface area contributed by atoms with Gasteiger partial charge in [-0.2, -0.15) is 5.26 Å². The SMILES string of the molecule is CSC(=Nc1cccc2c1CN(C)C(=O)N2)NC#N. The van der Waals surface area contributed by atoms with E-state index in [4.69, 9.17) is 5.26 Å². The minimum Gasteiger partial charge on any atom is -0.323 e. The summed E-state index contributed by atoms with van der Waals surface area (Å²) in [5, 5.41) is 14.5. The van der Waals surface area contributed by atoms with E-state index in [1.54, 1.807) is 11.9 Å². The molecule has 0 saturated carbocycles. The summed E-state index contributed by atoms with van der Waals surface area (Å²) in [6.45, 7) is 0.495. The number of hydrogen-bond acceptors (Lipinski definition) is 4. The molecule has 0 radical (unpaired) electrons. The average Bonchev–Trinajstić information content (AvgIpc) is 2.40. The largest absolute Gasteiger partial charge is 0.323 e. The van der Waals surface area contributed by atoms with Crippen molar-refractivity contribution in [2.75, 3.05) is 18.6 Å². The molecule has 0 aliphatic carbocycles. The summed E-state index contributed by atoms with van der Waals surface area (Å²) in [5.74, 6) is 0. The minimum absolute atomic E-state index is 0.131. The smallest absolute Gasteiger partial charge is 0.321 e. The molecule has 0 atom stereocenters. The van der Waals surface area contributed by atoms with Crippen molar-refractivity contribution in [3.05, 3.63) is 23.8 Å². The Morgan fingerprint density at radius 2 is 2.42 bits per heavy atom. The third-order valence-electron chi connectivity index (χ3n) is 2.71. The Bertz CT molecular complexity index is 578. The van der Waals surface area contributed by atoms with Crippen molar-refractivity contribution in [2.45, 2.75) is 6.54 Å². The van der Waals surface area contributed by atoms with E-state index in [1.165, 1.54) is 11.8 Å². The number of aliphatic imine (C=N–C) groups is 1. The second kappa shape index (κ2) is 5.63. The van der Waals surface area contributed by atoms with E-state index in [0.29, 0.717) is 11.7 Å². The van der Waals surface area contributed by atoms with Gasteiger partial charge in [0.05, 0.1) is 12.2 Å². The number of nitrogens with one attached hydrogen (secondary N) is 2. The zero-order valence-corrected chi connectivity index (χ0v) is 11.4. The van der Waals surface area contributed by atoms with Crippen LogP contribution in [0.5, 0.6) is 0 Å². The van der Waals surface area contributed by atoms with Crippen molar-refractivity contribution in [1.82, 2.24) is 10.2 Å². The number of nitriles is 1. The lowest BCUT2D eigenvalue weighted by Gasteiger charge is -2.26. The van der Waals surface area contributed by atoms with Crippen LogP contribution in [0.1, 0.15) is 5.56 Å². The molecule has 6 nitrogen and oxygen atoms in total. The molecule has 2 amide bonds. The van der Waals surface area contributed by atoms with Crippen LogP contribution in [0.2, 0.25) is 0 Å². The molecule has 1 heterocycles. The van der Waals surface area contributed by atoms with Gasteiger partial charge in [0, 0.05) is 18.3 Å². The van der Waals surface area contributed by atoms with Crippen molar-refractivity contribution >= 4 is 34.3 Å². The normalized spacial score (nSPS) is 14.5. The maximum absolute atomic E-state index is 11.6. The highest BCUT2D eigenvalue weighted by atomic mass is 32.2. The number of urea groups is 1. The second-order valence-corrected chi connectivity index (χ2v) is 4.74. The van der Waals surface area contributed by atoms with Crippen LogP contribution in [0, 0.1) is 11.5 Å². The first kappa shape index (κ1) is 13.2. The first-order valence-electron chi connectivity index (χ1n) is 5.57. The summed E-state index contributed by atoms with van der Waals surface area (Å²) in [4.78, 5) is 17.6. The Hall–Kier alpha value is -2.20. The highest BCUT2D eigenvalue weighted by molar-refractivity contribution is 8.13. The highest BCUT2D eigenvalue weighted by Gasteiger charge is 2.21. The Morgan fingerprint density at radius 3 is 3.11 bits per heavy atom. The highest BCUT2D eigenvalue weighted by Crippen LogP contribution is 2.31. The number of fused-ring (bicyclic) bond motifs is 1. The number of nitrogens with zero attached hydrogens (tertiary/aromatic N) is 3. The number of carbonyl (C=O) groups excluding carboxylic acids is 1. The molecule has 1 aromatic carbocycles. The molecule has 2 rings (SSSR count). The van der Waals surface area contributed by atoms with Gasteiger partial charge in [0.2, 0.25) is 0 Å². The van der Waals surface area contributed by atoms with Crippen LogP contribution in [-0.4, -0.2) is 29.4 Å². The average molecular weight is 275 g/mol. The van der Waals surface area contributed by atoms with Gasteiger partial charge in [0.25, 0.3) is 0 Å². The molecule has 0 spiro atoms. The number of thioether (sulfide) groups is 1. The lowest BCUT2D eigenvalue weighted by atomic mass is 10.1. The Balaban J connectivity index is 2.41. The third-order valence-corrected chi connectivity index (χ3v) is 3.29. The predicted molar refractivity (Wildman–Crippen MR) is 76.3 cm³/mol. The lowest BCUT2D eigenvalue weighted by molar-refractivity contribution is 0.218. The molecule has 1 aliphatic heterocycles. The Labute approximate surface area is 115 Å². The van der Waals surface area contributed by atoms with Crippen molar-refractivity contribution < 1.29 is 4.79 Å². The number of rotatable bonds is 1. The minimum atomic E-state index is -0.131. The summed E-state index contributed by atoms with van der Waals surface area (Å²) in [6, 6.07) is 5.40. The molecule has 1 aromatic rings. The van der Waals surface area contributed by atoms with Gasteiger partial charge in [-0.15, -0.1) is 0 Å². The van der Waals surface area contributed by atoms with Gasteiger partial charge in [0.1, 0.15) is 0 Å². The summed E-state index contributed by atoms with van der Waals surface area (Å²) >= 11 is 1.36. The molecule has 98 valence electrons. The number of amidine groups is 1. The second-order valence-electron chi connectivity index (χ2n) is 3.95. The molecular formula is C12H13N5OS. The predicted octanol–water partition coefficient (Wildman–Crippen LogP) is 2.09. The van der Waals surface area contributed by atoms with Crippen LogP contribution in [0.4, 0.5) is 16.2 Å². The first-order valence-corrected chi connectivity index (χ1v) is 6.80. The molecule has 1 aliphatic rings. The summed E-state index contributed by atoms with van der Waals surface area (Å²) < 4.78 is 0. The summed E-state index contributed by atoms with van der Waals surface area (Å²) in [7, 11) is 1.72. The molecule has 0 saturated heterocycles. The monoisotopic (exact) mass is 275 g/mol. The van der Waals surface area contributed by atoms with Crippen LogP contribution in [0.15, 0.2) is 23.2 Å². The van der Waals surface area contributed by atoms with E-state index in [2.05, 4.69) is 15.6 Å². The zero-order valence-electron chi connectivity index (χ0n) is 10.6. The van der Waals surface area contributed by atoms with Gasteiger partial charge in [-0.25, -0.2) is 9.79 Å². The van der Waals surface area contributed by atoms with E-state index in [-0.39, 0.29) is 6.03 Å². The quantitative estimate of drug-likeness (QED) is 0.356. The molecular weight excluding hydrogens is 262 g/mol. The van der Waals surface area contributed by atoms with Crippen LogP contribution >= 0.6 is 11.8 Å². The lowest BCUT2D eigenvalue weighted by Crippen LogP contribution is -2.35. The molecule has 2 N–H and O–H groups in total. The van der Waals surface area contributed by atoms with E-state index >= 15 is 0 Å². The fourth-order valence-electron chi connectivity index (χ4n) is 1.76. The molecule has 0 aromatic heterocycles. The molecule has 19 heavy (non-hydrogen) atoms.